The predicted molar refractivity (Wildman–Crippen MR) is 336 cm³/mol. The maximum atomic E-state index is 16.5. The van der Waals surface area contributed by atoms with Crippen molar-refractivity contribution in [3.63, 3.8) is 0 Å². The average molecular weight is 1200 g/mol. The minimum atomic E-state index is -1.48. The number of carbonyl (C=O) groups excluding carboxylic acids is 3. The fourth-order valence-corrected chi connectivity index (χ4v) is 10.6. The zero-order chi connectivity index (χ0) is 61.3. The maximum Gasteiger partial charge on any atom is 0.339 e. The van der Waals surface area contributed by atoms with E-state index < -0.39 is 48.9 Å². The van der Waals surface area contributed by atoms with Crippen molar-refractivity contribution in [3.8, 4) is 45.6 Å². The number of ether oxygens (including phenoxy) is 11. The van der Waals surface area contributed by atoms with E-state index in [0.29, 0.717) is 0 Å². The van der Waals surface area contributed by atoms with Gasteiger partial charge in [-0.1, -0.05) is 243 Å². The molecule has 0 N–H and O–H groups in total. The molecule has 0 spiro atoms. The second-order valence-electron chi connectivity index (χ2n) is 21.5. The summed E-state index contributed by atoms with van der Waals surface area (Å²) in [6.07, 6.45) is -5.72. The summed E-state index contributed by atoms with van der Waals surface area (Å²) in [5.41, 5.74) is 5.86. The summed E-state index contributed by atoms with van der Waals surface area (Å²) in [6.45, 7) is -0.806. The highest BCUT2D eigenvalue weighted by Gasteiger charge is 2.52. The van der Waals surface area contributed by atoms with E-state index in [1.54, 1.807) is 0 Å². The van der Waals surface area contributed by atoms with Gasteiger partial charge in [-0.2, -0.15) is 0 Å². The molecule has 14 nitrogen and oxygen atoms in total. The van der Waals surface area contributed by atoms with Crippen molar-refractivity contribution in [2.75, 3.05) is 6.61 Å². The summed E-state index contributed by atoms with van der Waals surface area (Å²) < 4.78 is 74.6. The molecule has 10 aromatic carbocycles. The molecule has 1 saturated heterocycles. The van der Waals surface area contributed by atoms with Gasteiger partial charge in [-0.3, -0.25) is 0 Å². The van der Waals surface area contributed by atoms with Crippen molar-refractivity contribution in [2.45, 2.75) is 77.3 Å². The molecule has 2 aliphatic rings. The number of rotatable bonds is 24. The third-order valence-corrected chi connectivity index (χ3v) is 15.1. The molecule has 0 unspecified atom stereocenters. The van der Waals surface area contributed by atoms with Gasteiger partial charge in [-0.25, -0.2) is 14.4 Å². The van der Waals surface area contributed by atoms with Crippen LogP contribution in [0.1, 0.15) is 65.2 Å². The summed E-state index contributed by atoms with van der Waals surface area (Å²) in [5.74, 6) is -2.47. The van der Waals surface area contributed by atoms with Crippen molar-refractivity contribution in [1.82, 2.24) is 0 Å². The molecule has 2 aliphatic heterocycles. The number of esters is 3. The van der Waals surface area contributed by atoms with E-state index in [1.807, 2.05) is 243 Å². The molecule has 12 rings (SSSR count). The van der Waals surface area contributed by atoms with Crippen LogP contribution in [-0.2, 0) is 81.3 Å². The van der Waals surface area contributed by atoms with Crippen LogP contribution in [0.2, 0.25) is 0 Å². The van der Waals surface area contributed by atoms with E-state index in [2.05, 4.69) is 0 Å². The Bertz CT molecular complexity index is 3970. The molecule has 4 atom stereocenters. The van der Waals surface area contributed by atoms with Crippen LogP contribution in [-0.4, -0.2) is 48.9 Å². The molecule has 0 bridgehead atoms. The van der Waals surface area contributed by atoms with E-state index >= 15 is 9.59 Å². The molecular weight excluding hydrogens is 1140 g/mol. The first kappa shape index (κ1) is 59.7. The molecule has 2 heterocycles. The zero-order valence-electron chi connectivity index (χ0n) is 49.1. The smallest absolute Gasteiger partial charge is 0.339 e. The molecule has 14 heteroatoms. The van der Waals surface area contributed by atoms with E-state index in [-0.39, 0.29) is 110 Å². The quantitative estimate of drug-likeness (QED) is 0.0416. The van der Waals surface area contributed by atoms with Gasteiger partial charge in [-0.15, -0.1) is 0 Å². The first-order valence-corrected chi connectivity index (χ1v) is 29.7. The van der Waals surface area contributed by atoms with Crippen molar-refractivity contribution in [1.29, 1.82) is 0 Å². The van der Waals surface area contributed by atoms with E-state index in [0.717, 1.165) is 44.5 Å². The Kier molecular flexibility index (Phi) is 19.5. The predicted octanol–water partition coefficient (Wildman–Crippen LogP) is 14.6. The van der Waals surface area contributed by atoms with Gasteiger partial charge in [0.2, 0.25) is 11.5 Å². The number of benzene rings is 10. The molecule has 452 valence electrons. The standard InChI is InChI=1S/C76H64O14/c77-74-60-41-62(80-43-52-25-9-1-10-26-52)67(82-45-54-29-13-3-14-30-54)70(84-47-56-33-17-5-18-34-56)65(60)66-61(42-63(81-44-53-27-11-2-12-28-53)68(83-46-55-31-15-4-16-32-55)71(66)85-48-57-35-19-6-20-36-57)75(78)90-69-64(51-88-74)89-76(79)73(87-50-59-39-23-8-24-40-59)72(69)86-49-58-37-21-7-22-38-58/h1-42,64,69,72-73H,43-51H2/t64-,69-,72+,73-/m1/s1. The van der Waals surface area contributed by atoms with E-state index in [9.17, 15) is 4.79 Å². The molecule has 90 heavy (non-hydrogen) atoms. The average Bonchev–Trinajstić information content (AvgIpc) is 0.958. The molecular formula is C76H64O14. The molecule has 0 aromatic heterocycles. The van der Waals surface area contributed by atoms with Gasteiger partial charge in [0.25, 0.3) is 0 Å². The lowest BCUT2D eigenvalue weighted by Gasteiger charge is -2.40. The van der Waals surface area contributed by atoms with Gasteiger partial charge < -0.3 is 52.1 Å². The third kappa shape index (κ3) is 14.8. The van der Waals surface area contributed by atoms with Crippen molar-refractivity contribution >= 4 is 17.9 Å². The second kappa shape index (κ2) is 29.4. The van der Waals surface area contributed by atoms with Gasteiger partial charge in [-0.05, 0) is 56.6 Å². The van der Waals surface area contributed by atoms with Crippen LogP contribution in [0, 0.1) is 0 Å². The van der Waals surface area contributed by atoms with Crippen molar-refractivity contribution in [2.24, 2.45) is 0 Å². The van der Waals surface area contributed by atoms with Crippen molar-refractivity contribution < 1.29 is 66.5 Å². The number of fused-ring (bicyclic) bond motifs is 4. The van der Waals surface area contributed by atoms with E-state index in [1.165, 1.54) is 12.1 Å². The summed E-state index contributed by atoms with van der Waals surface area (Å²) in [5, 5.41) is 0. The number of hydrogen-bond acceptors (Lipinski definition) is 14. The first-order chi connectivity index (χ1) is 44.4. The number of hydrogen-bond donors (Lipinski definition) is 0. The van der Waals surface area contributed by atoms with Crippen LogP contribution in [0.15, 0.2) is 255 Å². The van der Waals surface area contributed by atoms with Gasteiger partial charge in [0.1, 0.15) is 52.4 Å². The molecule has 10 aromatic rings. The summed E-state index contributed by atoms with van der Waals surface area (Å²) >= 11 is 0. The zero-order valence-corrected chi connectivity index (χ0v) is 49.1. The van der Waals surface area contributed by atoms with E-state index in [4.69, 9.17) is 52.1 Å². The van der Waals surface area contributed by atoms with Crippen LogP contribution < -0.4 is 28.4 Å². The second-order valence-corrected chi connectivity index (χ2v) is 21.5. The lowest BCUT2D eigenvalue weighted by atomic mass is 9.91. The fourth-order valence-electron chi connectivity index (χ4n) is 10.6. The number of carbonyl (C=O) groups is 3. The summed E-state index contributed by atoms with van der Waals surface area (Å²) in [6, 6.07) is 78.8. The van der Waals surface area contributed by atoms with Crippen LogP contribution in [0.5, 0.6) is 34.5 Å². The lowest BCUT2D eigenvalue weighted by Crippen LogP contribution is -2.60. The monoisotopic (exact) mass is 1200 g/mol. The highest BCUT2D eigenvalue weighted by atomic mass is 16.7. The summed E-state index contributed by atoms with van der Waals surface area (Å²) in [4.78, 5) is 47.1. The number of cyclic esters (lactones) is 1. The fraction of sp³-hybridized carbons (Fsp3) is 0.171. The highest BCUT2D eigenvalue weighted by Crippen LogP contribution is 2.56. The Balaban J connectivity index is 1.12. The van der Waals surface area contributed by atoms with Crippen LogP contribution >= 0.6 is 0 Å². The SMILES string of the molecule is O=C1OC[C@H]2OC(=O)[C@H](OCc3ccccc3)[C@@H](OCc3ccccc3)[C@@H]2OC(=O)c2cc(OCc3ccccc3)c(OCc3ccccc3)c(OCc3ccccc3)c2-c2c1cc(OCc1ccccc1)c(OCc1ccccc1)c2OCc1ccccc1. The Morgan fingerprint density at radius 1 is 0.322 bits per heavy atom. The highest BCUT2D eigenvalue weighted by molar-refractivity contribution is 6.09. The Morgan fingerprint density at radius 2 is 0.622 bits per heavy atom. The Labute approximate surface area is 522 Å². The normalized spacial score (nSPS) is 16.1. The minimum Gasteiger partial charge on any atom is -0.485 e. The van der Waals surface area contributed by atoms with Gasteiger partial charge in [0.15, 0.2) is 41.3 Å². The summed E-state index contributed by atoms with van der Waals surface area (Å²) in [7, 11) is 0. The largest absolute Gasteiger partial charge is 0.485 e. The topological polar surface area (TPSA) is 153 Å². The molecule has 1 fully saturated rings. The van der Waals surface area contributed by atoms with Crippen molar-refractivity contribution in [3.05, 3.63) is 310 Å². The van der Waals surface area contributed by atoms with Gasteiger partial charge >= 0.3 is 17.9 Å². The molecule has 0 amide bonds. The molecule has 0 saturated carbocycles. The first-order valence-electron chi connectivity index (χ1n) is 29.7. The van der Waals surface area contributed by atoms with Crippen LogP contribution in [0.4, 0.5) is 0 Å². The Morgan fingerprint density at radius 3 is 0.978 bits per heavy atom. The molecule has 0 aliphatic carbocycles. The third-order valence-electron chi connectivity index (χ3n) is 15.1. The minimum absolute atomic E-state index is 0.00262. The lowest BCUT2D eigenvalue weighted by molar-refractivity contribution is -0.226. The van der Waals surface area contributed by atoms with Gasteiger partial charge in [0.05, 0.1) is 24.3 Å². The Hall–Kier alpha value is -10.7. The van der Waals surface area contributed by atoms with Crippen LogP contribution in [0.25, 0.3) is 11.1 Å². The maximum absolute atomic E-state index is 16.5. The van der Waals surface area contributed by atoms with Gasteiger partial charge in [0, 0.05) is 11.1 Å². The molecule has 0 radical (unpaired) electrons. The van der Waals surface area contributed by atoms with Crippen LogP contribution in [0.3, 0.4) is 0 Å².